The van der Waals surface area contributed by atoms with E-state index in [9.17, 15) is 0 Å². The molecule has 1 aromatic heterocycles. The molecule has 1 heterocycles. The minimum atomic E-state index is 0.0499. The largest absolute Gasteiger partial charge is 0.377 e. The third-order valence-electron chi connectivity index (χ3n) is 3.64. The fourth-order valence-corrected chi connectivity index (χ4v) is 3.26. The highest BCUT2D eigenvalue weighted by Crippen LogP contribution is 2.39. The van der Waals surface area contributed by atoms with Gasteiger partial charge in [-0.25, -0.2) is 4.98 Å². The van der Waals surface area contributed by atoms with Crippen LogP contribution in [0.2, 0.25) is 0 Å². The summed E-state index contributed by atoms with van der Waals surface area (Å²) in [4.78, 5) is 4.53. The van der Waals surface area contributed by atoms with Crippen molar-refractivity contribution in [3.63, 3.8) is 0 Å². The van der Waals surface area contributed by atoms with Crippen LogP contribution in [0, 0.1) is 6.92 Å². The Morgan fingerprint density at radius 3 is 2.75 bits per heavy atom. The number of nitrogens with zero attached hydrogens (tertiary/aromatic N) is 1. The lowest BCUT2D eigenvalue weighted by Gasteiger charge is -2.46. The van der Waals surface area contributed by atoms with Crippen LogP contribution < -0.4 is 5.32 Å². The first-order valence-electron chi connectivity index (χ1n) is 5.83. The Bertz CT molecular complexity index is 341. The van der Waals surface area contributed by atoms with E-state index in [1.807, 2.05) is 21.1 Å². The van der Waals surface area contributed by atoms with Crippen LogP contribution in [0.1, 0.15) is 30.0 Å². The van der Waals surface area contributed by atoms with E-state index in [1.54, 1.807) is 11.3 Å². The van der Waals surface area contributed by atoms with Crippen LogP contribution in [-0.2, 0) is 11.2 Å². The number of aromatic nitrogens is 1. The number of likely N-dealkylation sites (N-methyl/N-ethyl adjacent to an activating group) is 1. The van der Waals surface area contributed by atoms with Gasteiger partial charge in [0.15, 0.2) is 0 Å². The van der Waals surface area contributed by atoms with Crippen molar-refractivity contribution in [1.82, 2.24) is 10.3 Å². The molecule has 3 nitrogen and oxygen atoms in total. The topological polar surface area (TPSA) is 34.2 Å². The number of methoxy groups -OCH3 is 1. The summed E-state index contributed by atoms with van der Waals surface area (Å²) >= 11 is 1.75. The lowest BCUT2D eigenvalue weighted by Crippen LogP contribution is -2.56. The summed E-state index contributed by atoms with van der Waals surface area (Å²) in [6.07, 6.45) is 4.59. The van der Waals surface area contributed by atoms with E-state index < -0.39 is 0 Å². The average molecular weight is 240 g/mol. The molecule has 1 aliphatic rings. The average Bonchev–Trinajstić information content (AvgIpc) is 2.61. The van der Waals surface area contributed by atoms with Crippen LogP contribution in [0.4, 0.5) is 0 Å². The molecule has 1 N–H and O–H groups in total. The van der Waals surface area contributed by atoms with Gasteiger partial charge >= 0.3 is 0 Å². The van der Waals surface area contributed by atoms with Gasteiger partial charge in [0.1, 0.15) is 0 Å². The number of hydrogen-bond acceptors (Lipinski definition) is 4. The van der Waals surface area contributed by atoms with Crippen molar-refractivity contribution in [3.8, 4) is 0 Å². The first-order valence-corrected chi connectivity index (χ1v) is 6.71. The lowest BCUT2D eigenvalue weighted by molar-refractivity contribution is -0.0966. The Morgan fingerprint density at radius 1 is 1.62 bits per heavy atom. The maximum absolute atomic E-state index is 5.72. The lowest BCUT2D eigenvalue weighted by atomic mass is 9.73. The van der Waals surface area contributed by atoms with Crippen LogP contribution in [0.3, 0.4) is 0 Å². The summed E-state index contributed by atoms with van der Waals surface area (Å²) in [5, 5.41) is 6.72. The summed E-state index contributed by atoms with van der Waals surface area (Å²) in [6, 6.07) is 0.386. The first-order chi connectivity index (χ1) is 7.70. The number of nitrogens with one attached hydrogen (secondary N) is 1. The molecular weight excluding hydrogens is 220 g/mol. The van der Waals surface area contributed by atoms with E-state index in [1.165, 1.54) is 24.3 Å². The molecule has 0 amide bonds. The highest BCUT2D eigenvalue weighted by atomic mass is 32.1. The standard InChI is InChI=1S/C12H20N2OS/c1-9-8-16-11(14-9)7-10(13-2)12(15-3)5-4-6-12/h8,10,13H,4-7H2,1-3H3. The molecular formula is C12H20N2OS. The third-order valence-corrected chi connectivity index (χ3v) is 4.62. The highest BCUT2D eigenvalue weighted by Gasteiger charge is 2.43. The SMILES string of the molecule is CNC(Cc1nc(C)cs1)C1(OC)CCC1. The van der Waals surface area contributed by atoms with Crippen molar-refractivity contribution < 1.29 is 4.74 Å². The minimum absolute atomic E-state index is 0.0499. The Kier molecular flexibility index (Phi) is 3.62. The monoisotopic (exact) mass is 240 g/mol. The quantitative estimate of drug-likeness (QED) is 0.856. The van der Waals surface area contributed by atoms with Crippen molar-refractivity contribution in [2.24, 2.45) is 0 Å². The Balaban J connectivity index is 2.05. The second kappa shape index (κ2) is 4.82. The fraction of sp³-hybridized carbons (Fsp3) is 0.750. The molecule has 1 fully saturated rings. The molecule has 90 valence electrons. The Labute approximate surface area is 101 Å². The van der Waals surface area contributed by atoms with Gasteiger partial charge in [-0.1, -0.05) is 0 Å². The van der Waals surface area contributed by atoms with Gasteiger partial charge in [0.2, 0.25) is 0 Å². The van der Waals surface area contributed by atoms with E-state index in [2.05, 4.69) is 15.7 Å². The molecule has 4 heteroatoms. The summed E-state index contributed by atoms with van der Waals surface area (Å²) in [5.74, 6) is 0. The Hall–Kier alpha value is -0.450. The molecule has 2 rings (SSSR count). The van der Waals surface area contributed by atoms with E-state index in [4.69, 9.17) is 4.74 Å². The normalized spacial score (nSPS) is 20.4. The number of thiazole rings is 1. The van der Waals surface area contributed by atoms with Crippen LogP contribution in [0.15, 0.2) is 5.38 Å². The van der Waals surface area contributed by atoms with Gasteiger partial charge in [-0.2, -0.15) is 0 Å². The predicted molar refractivity (Wildman–Crippen MR) is 67.0 cm³/mol. The highest BCUT2D eigenvalue weighted by molar-refractivity contribution is 7.09. The zero-order chi connectivity index (χ0) is 11.6. The van der Waals surface area contributed by atoms with Gasteiger partial charge in [-0.3, -0.25) is 0 Å². The van der Waals surface area contributed by atoms with Crippen molar-refractivity contribution in [2.45, 2.75) is 44.2 Å². The molecule has 0 saturated heterocycles. The van der Waals surface area contributed by atoms with Gasteiger partial charge in [0, 0.05) is 30.6 Å². The van der Waals surface area contributed by atoms with Crippen LogP contribution in [-0.4, -0.2) is 30.8 Å². The van der Waals surface area contributed by atoms with Crippen molar-refractivity contribution in [3.05, 3.63) is 16.1 Å². The number of aryl methyl sites for hydroxylation is 1. The first kappa shape index (κ1) is 12.0. The van der Waals surface area contributed by atoms with Crippen molar-refractivity contribution in [1.29, 1.82) is 0 Å². The number of ether oxygens (including phenoxy) is 1. The zero-order valence-electron chi connectivity index (χ0n) is 10.2. The molecule has 0 aromatic carbocycles. The molecule has 0 bridgehead atoms. The molecule has 0 aliphatic heterocycles. The zero-order valence-corrected chi connectivity index (χ0v) is 11.1. The van der Waals surface area contributed by atoms with E-state index in [0.29, 0.717) is 6.04 Å². The van der Waals surface area contributed by atoms with E-state index in [0.717, 1.165) is 12.1 Å². The maximum Gasteiger partial charge on any atom is 0.0944 e. The van der Waals surface area contributed by atoms with Gasteiger partial charge in [0.05, 0.1) is 10.6 Å². The smallest absolute Gasteiger partial charge is 0.0944 e. The van der Waals surface area contributed by atoms with Crippen molar-refractivity contribution in [2.75, 3.05) is 14.2 Å². The molecule has 1 unspecified atom stereocenters. The van der Waals surface area contributed by atoms with Gasteiger partial charge < -0.3 is 10.1 Å². The van der Waals surface area contributed by atoms with Crippen LogP contribution in [0.5, 0.6) is 0 Å². The molecule has 1 aromatic rings. The maximum atomic E-state index is 5.72. The minimum Gasteiger partial charge on any atom is -0.377 e. The molecule has 1 atom stereocenters. The molecule has 0 spiro atoms. The summed E-state index contributed by atoms with van der Waals surface area (Å²) < 4.78 is 5.72. The Morgan fingerprint density at radius 2 is 2.38 bits per heavy atom. The molecule has 1 aliphatic carbocycles. The van der Waals surface area contributed by atoms with Gasteiger partial charge in [0.25, 0.3) is 0 Å². The van der Waals surface area contributed by atoms with E-state index in [-0.39, 0.29) is 5.60 Å². The van der Waals surface area contributed by atoms with Crippen LogP contribution >= 0.6 is 11.3 Å². The summed E-state index contributed by atoms with van der Waals surface area (Å²) in [7, 11) is 3.85. The van der Waals surface area contributed by atoms with E-state index >= 15 is 0 Å². The van der Waals surface area contributed by atoms with Crippen LogP contribution in [0.25, 0.3) is 0 Å². The molecule has 0 radical (unpaired) electrons. The van der Waals surface area contributed by atoms with Gasteiger partial charge in [-0.05, 0) is 33.2 Å². The predicted octanol–water partition coefficient (Wildman–Crippen LogP) is 2.15. The van der Waals surface area contributed by atoms with Crippen molar-refractivity contribution >= 4 is 11.3 Å². The summed E-state index contributed by atoms with van der Waals surface area (Å²) in [5.41, 5.74) is 1.17. The van der Waals surface area contributed by atoms with Gasteiger partial charge in [-0.15, -0.1) is 11.3 Å². The second-order valence-electron chi connectivity index (χ2n) is 4.55. The number of hydrogen-bond donors (Lipinski definition) is 1. The fourth-order valence-electron chi connectivity index (χ4n) is 2.44. The second-order valence-corrected chi connectivity index (χ2v) is 5.49. The number of rotatable bonds is 5. The summed E-state index contributed by atoms with van der Waals surface area (Å²) in [6.45, 7) is 2.05. The molecule has 16 heavy (non-hydrogen) atoms. The third kappa shape index (κ3) is 2.14. The molecule has 1 saturated carbocycles.